The Morgan fingerprint density at radius 2 is 1.97 bits per heavy atom. The van der Waals surface area contributed by atoms with Gasteiger partial charge in [-0.15, -0.1) is 0 Å². The highest BCUT2D eigenvalue weighted by molar-refractivity contribution is 5.82. The predicted octanol–water partition coefficient (Wildman–Crippen LogP) is 0.165. The Bertz CT molecular complexity index is 1060. The molecule has 1 fully saturated rings. The maximum absolute atomic E-state index is 10.4. The maximum atomic E-state index is 10.4. The zero-order chi connectivity index (χ0) is 21.6. The van der Waals surface area contributed by atoms with Crippen LogP contribution in [0.1, 0.15) is 42.9 Å². The molecule has 3 aromatic heterocycles. The van der Waals surface area contributed by atoms with Gasteiger partial charge in [0.05, 0.1) is 18.6 Å². The van der Waals surface area contributed by atoms with Crippen molar-refractivity contribution in [2.45, 2.75) is 64.6 Å². The Morgan fingerprint density at radius 3 is 2.63 bits per heavy atom. The first-order valence-corrected chi connectivity index (χ1v) is 10.0. The minimum absolute atomic E-state index is 0.170. The number of aliphatic hydroxyl groups is 3. The molecule has 4 atom stereocenters. The van der Waals surface area contributed by atoms with Gasteiger partial charge in [0, 0.05) is 5.69 Å². The van der Waals surface area contributed by atoms with E-state index in [9.17, 15) is 15.3 Å². The van der Waals surface area contributed by atoms with Crippen molar-refractivity contribution >= 4 is 17.0 Å². The van der Waals surface area contributed by atoms with Crippen molar-refractivity contribution in [3.05, 3.63) is 23.3 Å². The van der Waals surface area contributed by atoms with Crippen LogP contribution in [-0.2, 0) is 11.2 Å². The van der Waals surface area contributed by atoms with Gasteiger partial charge in [0.2, 0.25) is 0 Å². The Morgan fingerprint density at radius 1 is 1.20 bits per heavy atom. The first-order valence-electron chi connectivity index (χ1n) is 10.0. The minimum atomic E-state index is -1.26. The highest BCUT2D eigenvalue weighted by Gasteiger charge is 2.44. The summed E-state index contributed by atoms with van der Waals surface area (Å²) in [5.41, 5.74) is 9.85. The lowest BCUT2D eigenvalue weighted by atomic mass is 10.1. The topological polar surface area (TPSA) is 157 Å². The van der Waals surface area contributed by atoms with Crippen LogP contribution >= 0.6 is 0 Å². The zero-order valence-electron chi connectivity index (χ0n) is 17.2. The average Bonchev–Trinajstić information content (AvgIpc) is 3.36. The third-order valence-corrected chi connectivity index (χ3v) is 5.64. The second-order valence-electron chi connectivity index (χ2n) is 7.63. The standard InChI is InChI=1S/C19H27N7O4/c1-4-5-6-11-9(2)24-26(10(11)3)19-22-16(20)13-17(23-19)25(8-21-13)18-15(29)14(28)12(7-27)30-18/h8,12,14-15,18,27-29H,4-7H2,1-3H3,(H2,20,22,23)/t12-,14-,15-,18-/m1/s1. The summed E-state index contributed by atoms with van der Waals surface area (Å²) in [5.74, 6) is 0.458. The van der Waals surface area contributed by atoms with E-state index in [1.165, 1.54) is 10.9 Å². The quantitative estimate of drug-likeness (QED) is 0.438. The zero-order valence-corrected chi connectivity index (χ0v) is 17.2. The third-order valence-electron chi connectivity index (χ3n) is 5.64. The molecule has 0 aromatic carbocycles. The van der Waals surface area contributed by atoms with Gasteiger partial charge in [0.15, 0.2) is 17.7 Å². The Balaban J connectivity index is 1.79. The summed E-state index contributed by atoms with van der Waals surface area (Å²) in [7, 11) is 0. The number of hydrogen-bond donors (Lipinski definition) is 4. The summed E-state index contributed by atoms with van der Waals surface area (Å²) in [6.07, 6.45) is 0.140. The van der Waals surface area contributed by atoms with Crippen LogP contribution in [0.4, 0.5) is 5.82 Å². The van der Waals surface area contributed by atoms with Gasteiger partial charge in [-0.3, -0.25) is 4.57 Å². The molecular weight excluding hydrogens is 390 g/mol. The van der Waals surface area contributed by atoms with Crippen LogP contribution in [0.2, 0.25) is 0 Å². The molecule has 5 N–H and O–H groups in total. The molecule has 0 spiro atoms. The maximum Gasteiger partial charge on any atom is 0.254 e. The molecule has 162 valence electrons. The minimum Gasteiger partial charge on any atom is -0.394 e. The van der Waals surface area contributed by atoms with E-state index in [1.807, 2.05) is 13.8 Å². The molecule has 11 nitrogen and oxygen atoms in total. The Kier molecular flexibility index (Phi) is 5.45. The van der Waals surface area contributed by atoms with E-state index >= 15 is 0 Å². The lowest BCUT2D eigenvalue weighted by molar-refractivity contribution is -0.0511. The van der Waals surface area contributed by atoms with Crippen molar-refractivity contribution in [3.8, 4) is 5.95 Å². The number of imidazole rings is 1. The molecule has 1 aliphatic rings. The fourth-order valence-corrected chi connectivity index (χ4v) is 3.90. The number of fused-ring (bicyclic) bond motifs is 1. The van der Waals surface area contributed by atoms with Crippen molar-refractivity contribution in [1.82, 2.24) is 29.3 Å². The molecular formula is C19H27N7O4. The Hall–Kier alpha value is -2.60. The van der Waals surface area contributed by atoms with E-state index in [2.05, 4.69) is 27.0 Å². The summed E-state index contributed by atoms with van der Waals surface area (Å²) < 4.78 is 8.76. The molecule has 30 heavy (non-hydrogen) atoms. The van der Waals surface area contributed by atoms with Crippen molar-refractivity contribution < 1.29 is 20.1 Å². The van der Waals surface area contributed by atoms with Crippen LogP contribution in [-0.4, -0.2) is 69.5 Å². The SMILES string of the molecule is CCCCc1c(C)nn(-c2nc(N)c3ncn([C@@H]4O[C@H](CO)[C@@H](O)[C@H]4O)c3n2)c1C. The van der Waals surface area contributed by atoms with Gasteiger partial charge < -0.3 is 25.8 Å². The molecule has 1 saturated heterocycles. The number of anilines is 1. The molecule has 0 amide bonds. The second kappa shape index (κ2) is 7.91. The van der Waals surface area contributed by atoms with Crippen LogP contribution in [0.15, 0.2) is 6.33 Å². The van der Waals surface area contributed by atoms with Gasteiger partial charge in [-0.2, -0.15) is 15.1 Å². The van der Waals surface area contributed by atoms with Crippen molar-refractivity contribution in [2.75, 3.05) is 12.3 Å². The molecule has 4 heterocycles. The number of aliphatic hydroxyl groups excluding tert-OH is 3. The first-order chi connectivity index (χ1) is 14.4. The highest BCUT2D eigenvalue weighted by Crippen LogP contribution is 2.32. The summed E-state index contributed by atoms with van der Waals surface area (Å²) in [6, 6.07) is 0. The van der Waals surface area contributed by atoms with Gasteiger partial charge in [-0.25, -0.2) is 9.67 Å². The van der Waals surface area contributed by atoms with Crippen molar-refractivity contribution in [1.29, 1.82) is 0 Å². The van der Waals surface area contributed by atoms with Crippen LogP contribution in [0.25, 0.3) is 17.1 Å². The van der Waals surface area contributed by atoms with Crippen LogP contribution < -0.4 is 5.73 Å². The lowest BCUT2D eigenvalue weighted by Gasteiger charge is -2.16. The number of rotatable bonds is 6. The lowest BCUT2D eigenvalue weighted by Crippen LogP contribution is -2.33. The third kappa shape index (κ3) is 3.23. The molecule has 3 aromatic rings. The van der Waals surface area contributed by atoms with Gasteiger partial charge >= 0.3 is 0 Å². The van der Waals surface area contributed by atoms with Gasteiger partial charge in [0.25, 0.3) is 5.95 Å². The number of aromatic nitrogens is 6. The van der Waals surface area contributed by atoms with Crippen LogP contribution in [0, 0.1) is 13.8 Å². The molecule has 0 aliphatic carbocycles. The highest BCUT2D eigenvalue weighted by atomic mass is 16.6. The molecule has 11 heteroatoms. The second-order valence-corrected chi connectivity index (χ2v) is 7.63. The number of nitrogens with two attached hydrogens (primary N) is 1. The first kappa shape index (κ1) is 20.7. The van der Waals surface area contributed by atoms with E-state index in [1.54, 1.807) is 4.68 Å². The van der Waals surface area contributed by atoms with Gasteiger partial charge in [0.1, 0.15) is 23.8 Å². The number of ether oxygens (including phenoxy) is 1. The number of nitrogens with zero attached hydrogens (tertiary/aromatic N) is 6. The van der Waals surface area contributed by atoms with Gasteiger partial charge in [-0.05, 0) is 32.3 Å². The smallest absolute Gasteiger partial charge is 0.254 e. The van der Waals surface area contributed by atoms with Crippen LogP contribution in [0.5, 0.6) is 0 Å². The molecule has 0 bridgehead atoms. The van der Waals surface area contributed by atoms with E-state index in [0.717, 1.165) is 36.2 Å². The summed E-state index contributed by atoms with van der Waals surface area (Å²) in [5, 5.41) is 34.4. The van der Waals surface area contributed by atoms with Gasteiger partial charge in [-0.1, -0.05) is 13.3 Å². The molecule has 4 rings (SSSR count). The molecule has 0 radical (unpaired) electrons. The Labute approximate surface area is 173 Å². The normalized spacial score (nSPS) is 24.2. The molecule has 0 unspecified atom stereocenters. The fourth-order valence-electron chi connectivity index (χ4n) is 3.90. The number of unbranched alkanes of at least 4 members (excludes halogenated alkanes) is 1. The van der Waals surface area contributed by atoms with E-state index in [0.29, 0.717) is 11.2 Å². The largest absolute Gasteiger partial charge is 0.394 e. The van der Waals surface area contributed by atoms with Crippen molar-refractivity contribution in [3.63, 3.8) is 0 Å². The van der Waals surface area contributed by atoms with E-state index < -0.39 is 31.1 Å². The summed E-state index contributed by atoms with van der Waals surface area (Å²) in [6.45, 7) is 5.65. The monoisotopic (exact) mass is 417 g/mol. The molecule has 0 saturated carbocycles. The van der Waals surface area contributed by atoms with Crippen LogP contribution in [0.3, 0.4) is 0 Å². The summed E-state index contributed by atoms with van der Waals surface area (Å²) in [4.78, 5) is 13.2. The predicted molar refractivity (Wildman–Crippen MR) is 108 cm³/mol. The van der Waals surface area contributed by atoms with E-state index in [4.69, 9.17) is 10.5 Å². The number of hydrogen-bond acceptors (Lipinski definition) is 9. The van der Waals surface area contributed by atoms with Crippen molar-refractivity contribution in [2.24, 2.45) is 0 Å². The average molecular weight is 417 g/mol. The van der Waals surface area contributed by atoms with E-state index in [-0.39, 0.29) is 11.8 Å². The molecule has 1 aliphatic heterocycles. The number of aryl methyl sites for hydroxylation is 1. The number of nitrogen functional groups attached to an aromatic ring is 1. The summed E-state index contributed by atoms with van der Waals surface area (Å²) >= 11 is 0. The fraction of sp³-hybridized carbons (Fsp3) is 0.579.